The Labute approximate surface area is 106 Å². The van der Waals surface area contributed by atoms with Crippen LogP contribution in [0.3, 0.4) is 0 Å². The number of ether oxygens (including phenoxy) is 1. The first-order valence-electron chi connectivity index (χ1n) is 7.19. The Hall–Kier alpha value is -0.120. The van der Waals surface area contributed by atoms with Crippen molar-refractivity contribution in [1.82, 2.24) is 5.32 Å². The molecule has 0 saturated heterocycles. The van der Waals surface area contributed by atoms with Crippen LogP contribution in [0.4, 0.5) is 0 Å². The van der Waals surface area contributed by atoms with Crippen LogP contribution < -0.4 is 5.32 Å². The predicted octanol–water partition coefficient (Wildman–Crippen LogP) is 2.33. The lowest BCUT2D eigenvalue weighted by Gasteiger charge is -2.21. The van der Waals surface area contributed by atoms with Gasteiger partial charge in [0.2, 0.25) is 0 Å². The van der Waals surface area contributed by atoms with Crippen LogP contribution in [0.1, 0.15) is 52.4 Å². The predicted molar refractivity (Wildman–Crippen MR) is 71.2 cm³/mol. The summed E-state index contributed by atoms with van der Waals surface area (Å²) in [5, 5.41) is 13.3. The van der Waals surface area contributed by atoms with E-state index in [0.29, 0.717) is 5.92 Å². The van der Waals surface area contributed by atoms with Crippen molar-refractivity contribution in [3.8, 4) is 0 Å². The van der Waals surface area contributed by atoms with Gasteiger partial charge in [-0.3, -0.25) is 0 Å². The summed E-state index contributed by atoms with van der Waals surface area (Å²) < 4.78 is 5.56. The molecule has 0 bridgehead atoms. The van der Waals surface area contributed by atoms with Gasteiger partial charge in [0.1, 0.15) is 0 Å². The molecule has 3 heteroatoms. The summed E-state index contributed by atoms with van der Waals surface area (Å²) in [7, 11) is 0. The molecule has 17 heavy (non-hydrogen) atoms. The van der Waals surface area contributed by atoms with E-state index in [-0.39, 0.29) is 12.1 Å². The van der Waals surface area contributed by atoms with E-state index in [2.05, 4.69) is 19.2 Å². The van der Waals surface area contributed by atoms with Crippen molar-refractivity contribution in [2.24, 2.45) is 5.92 Å². The topological polar surface area (TPSA) is 41.5 Å². The minimum Gasteiger partial charge on any atom is -0.392 e. The van der Waals surface area contributed by atoms with E-state index in [0.717, 1.165) is 39.0 Å². The molecular formula is C14H29NO2. The van der Waals surface area contributed by atoms with Crippen LogP contribution in [0, 0.1) is 5.92 Å². The first-order valence-corrected chi connectivity index (χ1v) is 7.19. The van der Waals surface area contributed by atoms with E-state index < -0.39 is 0 Å². The largest absolute Gasteiger partial charge is 0.392 e. The van der Waals surface area contributed by atoms with Crippen LogP contribution in [0.2, 0.25) is 0 Å². The molecule has 1 aliphatic rings. The van der Waals surface area contributed by atoms with Gasteiger partial charge in [0.15, 0.2) is 0 Å². The minimum absolute atomic E-state index is 0.159. The zero-order valence-corrected chi connectivity index (χ0v) is 11.5. The van der Waals surface area contributed by atoms with Crippen LogP contribution in [0.15, 0.2) is 0 Å². The molecule has 1 aliphatic carbocycles. The zero-order chi connectivity index (χ0) is 12.5. The van der Waals surface area contributed by atoms with Gasteiger partial charge >= 0.3 is 0 Å². The molecule has 2 unspecified atom stereocenters. The summed E-state index contributed by atoms with van der Waals surface area (Å²) in [4.78, 5) is 0. The third-order valence-corrected chi connectivity index (χ3v) is 3.47. The fourth-order valence-electron chi connectivity index (χ4n) is 2.26. The molecule has 0 amide bonds. The summed E-state index contributed by atoms with van der Waals surface area (Å²) in [6.07, 6.45) is 6.70. The normalized spacial score (nSPS) is 26.1. The monoisotopic (exact) mass is 243 g/mol. The lowest BCUT2D eigenvalue weighted by atomic mass is 10.1. The first kappa shape index (κ1) is 14.9. The van der Waals surface area contributed by atoms with Gasteiger partial charge in [-0.1, -0.05) is 33.1 Å². The van der Waals surface area contributed by atoms with Gasteiger partial charge in [-0.15, -0.1) is 0 Å². The summed E-state index contributed by atoms with van der Waals surface area (Å²) >= 11 is 0. The third kappa shape index (κ3) is 7.02. The Morgan fingerprint density at radius 3 is 2.71 bits per heavy atom. The number of aliphatic hydroxyl groups excluding tert-OH is 1. The first-order chi connectivity index (χ1) is 8.20. The second kappa shape index (κ2) is 8.90. The van der Waals surface area contributed by atoms with Crippen LogP contribution in [-0.2, 0) is 4.74 Å². The molecule has 0 spiro atoms. The van der Waals surface area contributed by atoms with Crippen molar-refractivity contribution < 1.29 is 9.84 Å². The van der Waals surface area contributed by atoms with E-state index in [1.165, 1.54) is 19.3 Å². The van der Waals surface area contributed by atoms with Crippen LogP contribution >= 0.6 is 0 Å². The van der Waals surface area contributed by atoms with Crippen molar-refractivity contribution >= 4 is 0 Å². The molecule has 0 heterocycles. The van der Waals surface area contributed by atoms with E-state index in [1.54, 1.807) is 0 Å². The molecule has 1 fully saturated rings. The Morgan fingerprint density at radius 2 is 1.94 bits per heavy atom. The van der Waals surface area contributed by atoms with Crippen LogP contribution in [0.5, 0.6) is 0 Å². The highest BCUT2D eigenvalue weighted by atomic mass is 16.5. The molecule has 102 valence electrons. The summed E-state index contributed by atoms with van der Waals surface area (Å²) in [5.41, 5.74) is 0. The molecule has 0 aromatic rings. The maximum absolute atomic E-state index is 9.92. The summed E-state index contributed by atoms with van der Waals surface area (Å²) in [6.45, 7) is 6.90. The van der Waals surface area contributed by atoms with Gasteiger partial charge in [-0.2, -0.15) is 0 Å². The highest BCUT2D eigenvalue weighted by Crippen LogP contribution is 2.17. The van der Waals surface area contributed by atoms with Crippen molar-refractivity contribution in [1.29, 1.82) is 0 Å². The third-order valence-electron chi connectivity index (χ3n) is 3.47. The van der Waals surface area contributed by atoms with E-state index in [1.807, 2.05) is 0 Å². The lowest BCUT2D eigenvalue weighted by Crippen LogP contribution is -2.40. The molecule has 0 aromatic heterocycles. The van der Waals surface area contributed by atoms with E-state index in [9.17, 15) is 5.11 Å². The standard InChI is InChI=1S/C14H29NO2/c1-12(2)8-10-17-11-9-15-13-6-4-3-5-7-14(13)16/h12-16H,3-11H2,1-2H3. The number of nitrogens with one attached hydrogen (secondary N) is 1. The molecule has 0 aliphatic heterocycles. The molecule has 3 nitrogen and oxygen atoms in total. The molecule has 1 saturated carbocycles. The van der Waals surface area contributed by atoms with Crippen molar-refractivity contribution in [2.45, 2.75) is 64.5 Å². The highest BCUT2D eigenvalue weighted by Gasteiger charge is 2.20. The number of hydrogen-bond acceptors (Lipinski definition) is 3. The van der Waals surface area contributed by atoms with Crippen LogP contribution in [-0.4, -0.2) is 37.0 Å². The number of aliphatic hydroxyl groups is 1. The van der Waals surface area contributed by atoms with Gasteiger partial charge in [-0.05, 0) is 25.2 Å². The van der Waals surface area contributed by atoms with Crippen molar-refractivity contribution in [3.05, 3.63) is 0 Å². The maximum Gasteiger partial charge on any atom is 0.0693 e. The molecule has 1 rings (SSSR count). The molecule has 0 aromatic carbocycles. The SMILES string of the molecule is CC(C)CCOCCNC1CCCCCC1O. The lowest BCUT2D eigenvalue weighted by molar-refractivity contribution is 0.0979. The maximum atomic E-state index is 9.92. The van der Waals surface area contributed by atoms with E-state index in [4.69, 9.17) is 4.74 Å². The fraction of sp³-hybridized carbons (Fsp3) is 1.00. The number of hydrogen-bond donors (Lipinski definition) is 2. The Bertz CT molecular complexity index is 185. The second-order valence-corrected chi connectivity index (χ2v) is 5.56. The zero-order valence-electron chi connectivity index (χ0n) is 11.5. The average molecular weight is 243 g/mol. The Balaban J connectivity index is 2.00. The smallest absolute Gasteiger partial charge is 0.0693 e. The number of rotatable bonds is 7. The second-order valence-electron chi connectivity index (χ2n) is 5.56. The molecule has 0 radical (unpaired) electrons. The van der Waals surface area contributed by atoms with Gasteiger partial charge in [-0.25, -0.2) is 0 Å². The molecule has 2 N–H and O–H groups in total. The quantitative estimate of drug-likeness (QED) is 0.533. The van der Waals surface area contributed by atoms with Crippen molar-refractivity contribution in [3.63, 3.8) is 0 Å². The Morgan fingerprint density at radius 1 is 1.18 bits per heavy atom. The highest BCUT2D eigenvalue weighted by molar-refractivity contribution is 4.78. The summed E-state index contributed by atoms with van der Waals surface area (Å²) in [6, 6.07) is 0.284. The summed E-state index contributed by atoms with van der Waals surface area (Å²) in [5.74, 6) is 0.714. The van der Waals surface area contributed by atoms with Crippen molar-refractivity contribution in [2.75, 3.05) is 19.8 Å². The average Bonchev–Trinajstić information content (AvgIpc) is 2.48. The Kier molecular flexibility index (Phi) is 7.82. The van der Waals surface area contributed by atoms with Crippen LogP contribution in [0.25, 0.3) is 0 Å². The fourth-order valence-corrected chi connectivity index (χ4v) is 2.26. The molecular weight excluding hydrogens is 214 g/mol. The van der Waals surface area contributed by atoms with Gasteiger partial charge in [0.25, 0.3) is 0 Å². The molecule has 2 atom stereocenters. The van der Waals surface area contributed by atoms with Gasteiger partial charge in [0, 0.05) is 19.2 Å². The van der Waals surface area contributed by atoms with Gasteiger partial charge < -0.3 is 15.2 Å². The van der Waals surface area contributed by atoms with E-state index >= 15 is 0 Å². The van der Waals surface area contributed by atoms with Gasteiger partial charge in [0.05, 0.1) is 12.7 Å². The minimum atomic E-state index is -0.159.